The number of benzene rings is 1. The van der Waals surface area contributed by atoms with Crippen LogP contribution in [0, 0.1) is 12.0 Å². The molecule has 0 aliphatic rings. The highest BCUT2D eigenvalue weighted by Crippen LogP contribution is 2.27. The van der Waals surface area contributed by atoms with Crippen LogP contribution < -0.4 is 4.74 Å². The first-order valence-electron chi connectivity index (χ1n) is 6.14. The second-order valence-electron chi connectivity index (χ2n) is 5.88. The number of ether oxygens (including phenoxy) is 1. The third-order valence-corrected chi connectivity index (χ3v) is 2.56. The van der Waals surface area contributed by atoms with Crippen LogP contribution in [0.4, 0.5) is 0 Å². The Hall–Kier alpha value is -1.24. The van der Waals surface area contributed by atoms with Crippen molar-refractivity contribution in [3.05, 3.63) is 42.0 Å². The fourth-order valence-corrected chi connectivity index (χ4v) is 1.48. The average Bonchev–Trinajstić information content (AvgIpc) is 2.24. The third-order valence-electron chi connectivity index (χ3n) is 2.56. The van der Waals surface area contributed by atoms with Gasteiger partial charge in [-0.3, -0.25) is 0 Å². The van der Waals surface area contributed by atoms with Gasteiger partial charge in [-0.25, -0.2) is 0 Å². The van der Waals surface area contributed by atoms with Gasteiger partial charge in [0.25, 0.3) is 0 Å². The Bertz CT molecular complexity index is 383. The molecule has 0 aliphatic heterocycles. The van der Waals surface area contributed by atoms with Gasteiger partial charge in [0, 0.05) is 0 Å². The summed E-state index contributed by atoms with van der Waals surface area (Å²) in [6, 6.07) is 6.23. The van der Waals surface area contributed by atoms with E-state index < -0.39 is 0 Å². The minimum absolute atomic E-state index is 0.114. The van der Waals surface area contributed by atoms with Gasteiger partial charge in [-0.1, -0.05) is 47.3 Å². The maximum Gasteiger partial charge on any atom is 0.120 e. The van der Waals surface area contributed by atoms with Crippen molar-refractivity contribution in [2.45, 2.75) is 40.0 Å². The van der Waals surface area contributed by atoms with Gasteiger partial charge in [0.1, 0.15) is 5.75 Å². The molecule has 17 heavy (non-hydrogen) atoms. The number of rotatable bonds is 4. The first kappa shape index (κ1) is 13.8. The zero-order valence-electron chi connectivity index (χ0n) is 11.6. The number of hydrogen-bond acceptors (Lipinski definition) is 1. The Morgan fingerprint density at radius 1 is 1.24 bits per heavy atom. The molecule has 0 spiro atoms. The molecule has 0 amide bonds. The van der Waals surface area contributed by atoms with E-state index in [2.05, 4.69) is 59.4 Å². The lowest BCUT2D eigenvalue weighted by molar-refractivity contribution is 0.270. The summed E-state index contributed by atoms with van der Waals surface area (Å²) in [5.74, 6) is 1.45. The summed E-state index contributed by atoms with van der Waals surface area (Å²) in [7, 11) is 0. The molecule has 93 valence electrons. The lowest BCUT2D eigenvalue weighted by atomic mass is 9.86. The van der Waals surface area contributed by atoms with Crippen molar-refractivity contribution in [2.24, 2.45) is 5.92 Å². The van der Waals surface area contributed by atoms with E-state index in [9.17, 15) is 0 Å². The van der Waals surface area contributed by atoms with Gasteiger partial charge in [0.05, 0.1) is 6.61 Å². The fraction of sp³-hybridized carbons (Fsp3) is 0.500. The van der Waals surface area contributed by atoms with Gasteiger partial charge in [-0.15, -0.1) is 0 Å². The molecule has 1 nitrogen and oxygen atoms in total. The topological polar surface area (TPSA) is 9.23 Å². The molecule has 1 aromatic rings. The smallest absolute Gasteiger partial charge is 0.120 e. The standard InChI is InChI=1S/C16H23O/c1-7-13-8-14(16(4,5)6)10-15(9-13)17-11-12(2)3/h8-10,12H,1,11H2,2-6H3. The van der Waals surface area contributed by atoms with Crippen LogP contribution in [0.25, 0.3) is 0 Å². The monoisotopic (exact) mass is 231 g/mol. The molecule has 1 rings (SSSR count). The van der Waals surface area contributed by atoms with Crippen LogP contribution in [0.15, 0.2) is 24.8 Å². The van der Waals surface area contributed by atoms with Gasteiger partial charge < -0.3 is 4.74 Å². The second-order valence-corrected chi connectivity index (χ2v) is 5.88. The van der Waals surface area contributed by atoms with Crippen LogP contribution in [0.1, 0.15) is 45.7 Å². The summed E-state index contributed by atoms with van der Waals surface area (Å²) in [5, 5.41) is 0. The maximum absolute atomic E-state index is 5.78. The summed E-state index contributed by atoms with van der Waals surface area (Å²) in [6.07, 6.45) is 2.94. The first-order chi connectivity index (χ1) is 7.82. The molecule has 1 heteroatoms. The van der Waals surface area contributed by atoms with Gasteiger partial charge in [0.15, 0.2) is 0 Å². The molecular formula is C16H23O. The molecule has 0 fully saturated rings. The van der Waals surface area contributed by atoms with E-state index in [1.54, 1.807) is 0 Å². The van der Waals surface area contributed by atoms with E-state index >= 15 is 0 Å². The van der Waals surface area contributed by atoms with Crippen molar-refractivity contribution in [3.63, 3.8) is 0 Å². The second kappa shape index (κ2) is 5.39. The Balaban J connectivity index is 3.01. The Morgan fingerprint density at radius 2 is 1.88 bits per heavy atom. The van der Waals surface area contributed by atoms with Crippen molar-refractivity contribution in [3.8, 4) is 5.75 Å². The van der Waals surface area contributed by atoms with Crippen LogP contribution in [0.3, 0.4) is 0 Å². The van der Waals surface area contributed by atoms with Crippen LogP contribution in [-0.4, -0.2) is 6.61 Å². The first-order valence-corrected chi connectivity index (χ1v) is 6.14. The normalized spacial score (nSPS) is 11.6. The van der Waals surface area contributed by atoms with E-state index in [0.29, 0.717) is 5.92 Å². The van der Waals surface area contributed by atoms with Gasteiger partial charge in [-0.2, -0.15) is 0 Å². The van der Waals surface area contributed by atoms with E-state index in [1.165, 1.54) is 5.56 Å². The highest BCUT2D eigenvalue weighted by Gasteiger charge is 2.15. The lowest BCUT2D eigenvalue weighted by Crippen LogP contribution is -2.12. The van der Waals surface area contributed by atoms with Crippen molar-refractivity contribution >= 4 is 0 Å². The fourth-order valence-electron chi connectivity index (χ4n) is 1.48. The molecule has 0 N–H and O–H groups in total. The molecular weight excluding hydrogens is 208 g/mol. The predicted octanol–water partition coefficient (Wildman–Crippen LogP) is 4.36. The maximum atomic E-state index is 5.78. The van der Waals surface area contributed by atoms with Gasteiger partial charge >= 0.3 is 0 Å². The zero-order chi connectivity index (χ0) is 13.1. The minimum atomic E-state index is 0.114. The summed E-state index contributed by atoms with van der Waals surface area (Å²) in [6.45, 7) is 15.3. The molecule has 0 bridgehead atoms. The molecule has 0 atom stereocenters. The summed E-state index contributed by atoms with van der Waals surface area (Å²) < 4.78 is 5.78. The van der Waals surface area contributed by atoms with E-state index in [0.717, 1.165) is 17.9 Å². The van der Waals surface area contributed by atoms with E-state index in [-0.39, 0.29) is 5.41 Å². The lowest BCUT2D eigenvalue weighted by Gasteiger charge is -2.21. The van der Waals surface area contributed by atoms with Crippen LogP contribution >= 0.6 is 0 Å². The molecule has 1 radical (unpaired) electrons. The summed E-state index contributed by atoms with van der Waals surface area (Å²) in [4.78, 5) is 0. The molecule has 0 aliphatic carbocycles. The van der Waals surface area contributed by atoms with E-state index in [1.807, 2.05) is 6.07 Å². The van der Waals surface area contributed by atoms with E-state index in [4.69, 9.17) is 4.74 Å². The summed E-state index contributed by atoms with van der Waals surface area (Å²) in [5.41, 5.74) is 2.36. The molecule has 0 saturated heterocycles. The van der Waals surface area contributed by atoms with Gasteiger partial charge in [0.2, 0.25) is 0 Å². The Morgan fingerprint density at radius 3 is 2.35 bits per heavy atom. The minimum Gasteiger partial charge on any atom is -0.493 e. The van der Waals surface area contributed by atoms with Crippen LogP contribution in [-0.2, 0) is 5.41 Å². The molecule has 0 saturated carbocycles. The van der Waals surface area contributed by atoms with Crippen LogP contribution in [0.5, 0.6) is 5.75 Å². The Labute approximate surface area is 106 Å². The quantitative estimate of drug-likeness (QED) is 0.748. The number of hydrogen-bond donors (Lipinski definition) is 0. The van der Waals surface area contributed by atoms with Crippen molar-refractivity contribution < 1.29 is 4.74 Å². The summed E-state index contributed by atoms with van der Waals surface area (Å²) >= 11 is 0. The average molecular weight is 231 g/mol. The molecule has 0 aromatic heterocycles. The van der Waals surface area contributed by atoms with Crippen molar-refractivity contribution in [2.75, 3.05) is 6.61 Å². The largest absolute Gasteiger partial charge is 0.493 e. The van der Waals surface area contributed by atoms with Crippen molar-refractivity contribution in [1.29, 1.82) is 0 Å². The predicted molar refractivity (Wildman–Crippen MR) is 73.4 cm³/mol. The highest BCUT2D eigenvalue weighted by atomic mass is 16.5. The molecule has 0 heterocycles. The highest BCUT2D eigenvalue weighted by molar-refractivity contribution is 5.40. The SMILES string of the molecule is C=[C]c1cc(OCC(C)C)cc(C(C)(C)C)c1. The Kier molecular flexibility index (Phi) is 4.39. The van der Waals surface area contributed by atoms with Crippen LogP contribution in [0.2, 0.25) is 0 Å². The van der Waals surface area contributed by atoms with Crippen molar-refractivity contribution in [1.82, 2.24) is 0 Å². The third kappa shape index (κ3) is 4.26. The van der Waals surface area contributed by atoms with Gasteiger partial charge in [-0.05, 0) is 40.7 Å². The zero-order valence-corrected chi connectivity index (χ0v) is 11.6. The molecule has 0 unspecified atom stereocenters. The molecule has 1 aromatic carbocycles.